The minimum atomic E-state index is -0.325. The lowest BCUT2D eigenvalue weighted by atomic mass is 9.90. The van der Waals surface area contributed by atoms with Crippen LogP contribution in [0.1, 0.15) is 18.4 Å². The summed E-state index contributed by atoms with van der Waals surface area (Å²) in [5, 5.41) is 3.38. The zero-order chi connectivity index (χ0) is 14.5. The van der Waals surface area contributed by atoms with Crippen LogP contribution in [0.15, 0.2) is 48.5 Å². The van der Waals surface area contributed by atoms with Crippen LogP contribution in [0.5, 0.6) is 11.5 Å². The van der Waals surface area contributed by atoms with Crippen molar-refractivity contribution in [2.24, 2.45) is 5.92 Å². The molecular formula is C18H20FNO. The molecular weight excluding hydrogens is 265 g/mol. The van der Waals surface area contributed by atoms with Gasteiger partial charge in [-0.2, -0.15) is 0 Å². The van der Waals surface area contributed by atoms with Crippen molar-refractivity contribution >= 4 is 0 Å². The van der Waals surface area contributed by atoms with Gasteiger partial charge in [0.2, 0.25) is 0 Å². The van der Waals surface area contributed by atoms with E-state index in [1.54, 1.807) is 18.2 Å². The van der Waals surface area contributed by atoms with Gasteiger partial charge in [0.05, 0.1) is 0 Å². The van der Waals surface area contributed by atoms with E-state index in [1.807, 2.05) is 18.2 Å². The minimum absolute atomic E-state index is 0.287. The summed E-state index contributed by atoms with van der Waals surface area (Å²) in [7, 11) is 0. The smallest absolute Gasteiger partial charge is 0.165 e. The van der Waals surface area contributed by atoms with Crippen LogP contribution < -0.4 is 10.1 Å². The van der Waals surface area contributed by atoms with Gasteiger partial charge in [0.15, 0.2) is 11.6 Å². The molecule has 0 amide bonds. The molecule has 0 aliphatic carbocycles. The van der Waals surface area contributed by atoms with Gasteiger partial charge in [-0.15, -0.1) is 0 Å². The molecule has 1 aliphatic heterocycles. The molecule has 0 bridgehead atoms. The van der Waals surface area contributed by atoms with Crippen LogP contribution in [0, 0.1) is 11.7 Å². The summed E-state index contributed by atoms with van der Waals surface area (Å²) in [5.74, 6) is 1.40. The van der Waals surface area contributed by atoms with E-state index in [1.165, 1.54) is 18.9 Å². The first kappa shape index (κ1) is 14.1. The van der Waals surface area contributed by atoms with Crippen LogP contribution in [0.3, 0.4) is 0 Å². The van der Waals surface area contributed by atoms with Gasteiger partial charge < -0.3 is 10.1 Å². The molecule has 3 heteroatoms. The third-order valence-electron chi connectivity index (χ3n) is 4.00. The Morgan fingerprint density at radius 1 is 0.952 bits per heavy atom. The molecule has 1 aliphatic rings. The van der Waals surface area contributed by atoms with Crippen LogP contribution in [-0.2, 0) is 6.42 Å². The largest absolute Gasteiger partial charge is 0.454 e. The van der Waals surface area contributed by atoms with E-state index < -0.39 is 0 Å². The average Bonchev–Trinajstić information content (AvgIpc) is 2.52. The highest BCUT2D eigenvalue weighted by Gasteiger charge is 2.16. The second kappa shape index (κ2) is 6.72. The predicted octanol–water partition coefficient (Wildman–Crippen LogP) is 4.16. The molecule has 21 heavy (non-hydrogen) atoms. The molecule has 0 unspecified atom stereocenters. The molecule has 0 aromatic heterocycles. The van der Waals surface area contributed by atoms with E-state index >= 15 is 0 Å². The SMILES string of the molecule is Fc1ccccc1Oc1ccccc1CC1CCNCC1. The number of piperidine rings is 1. The fraction of sp³-hybridized carbons (Fsp3) is 0.333. The van der Waals surface area contributed by atoms with E-state index in [9.17, 15) is 4.39 Å². The zero-order valence-corrected chi connectivity index (χ0v) is 12.0. The lowest BCUT2D eigenvalue weighted by molar-refractivity contribution is 0.366. The van der Waals surface area contributed by atoms with Crippen molar-refractivity contribution in [3.05, 3.63) is 59.9 Å². The number of benzene rings is 2. The number of hydrogen-bond acceptors (Lipinski definition) is 2. The van der Waals surface area contributed by atoms with Crippen LogP contribution in [0.25, 0.3) is 0 Å². The number of para-hydroxylation sites is 2. The number of rotatable bonds is 4. The van der Waals surface area contributed by atoms with Gasteiger partial charge in [-0.25, -0.2) is 4.39 Å². The van der Waals surface area contributed by atoms with E-state index in [-0.39, 0.29) is 11.6 Å². The van der Waals surface area contributed by atoms with Gasteiger partial charge in [-0.1, -0.05) is 30.3 Å². The number of ether oxygens (including phenoxy) is 1. The second-order valence-electron chi connectivity index (χ2n) is 5.54. The fourth-order valence-electron chi connectivity index (χ4n) is 2.81. The summed E-state index contributed by atoms with van der Waals surface area (Å²) in [6.07, 6.45) is 3.37. The van der Waals surface area contributed by atoms with E-state index in [0.717, 1.165) is 30.8 Å². The molecule has 2 nitrogen and oxygen atoms in total. The highest BCUT2D eigenvalue weighted by Crippen LogP contribution is 2.30. The standard InChI is InChI=1S/C18H20FNO/c19-16-6-2-4-8-18(16)21-17-7-3-1-5-15(17)13-14-9-11-20-12-10-14/h1-8,14,20H,9-13H2. The van der Waals surface area contributed by atoms with Crippen LogP contribution in [0.2, 0.25) is 0 Å². The molecule has 110 valence electrons. The fourth-order valence-corrected chi connectivity index (χ4v) is 2.81. The summed E-state index contributed by atoms with van der Waals surface area (Å²) < 4.78 is 19.5. The van der Waals surface area contributed by atoms with Crippen molar-refractivity contribution in [3.63, 3.8) is 0 Å². The number of hydrogen-bond donors (Lipinski definition) is 1. The number of nitrogens with one attached hydrogen (secondary N) is 1. The Labute approximate surface area is 125 Å². The molecule has 0 atom stereocenters. The quantitative estimate of drug-likeness (QED) is 0.910. The third kappa shape index (κ3) is 3.61. The number of halogens is 1. The van der Waals surface area contributed by atoms with Gasteiger partial charge in [-0.3, -0.25) is 0 Å². The van der Waals surface area contributed by atoms with Crippen molar-refractivity contribution in [1.29, 1.82) is 0 Å². The first-order chi connectivity index (χ1) is 10.3. The topological polar surface area (TPSA) is 21.3 Å². The van der Waals surface area contributed by atoms with Gasteiger partial charge in [0.25, 0.3) is 0 Å². The Bertz CT molecular complexity index is 593. The van der Waals surface area contributed by atoms with Crippen LogP contribution in [0.4, 0.5) is 4.39 Å². The maximum atomic E-state index is 13.7. The summed E-state index contributed by atoms with van der Waals surface area (Å²) in [6, 6.07) is 14.5. The lowest BCUT2D eigenvalue weighted by Crippen LogP contribution is -2.28. The lowest BCUT2D eigenvalue weighted by Gasteiger charge is -2.23. The Hall–Kier alpha value is -1.87. The Morgan fingerprint density at radius 3 is 2.38 bits per heavy atom. The van der Waals surface area contributed by atoms with E-state index in [4.69, 9.17) is 4.74 Å². The maximum Gasteiger partial charge on any atom is 0.165 e. The predicted molar refractivity (Wildman–Crippen MR) is 82.2 cm³/mol. The second-order valence-corrected chi connectivity index (χ2v) is 5.54. The minimum Gasteiger partial charge on any atom is -0.454 e. The van der Waals surface area contributed by atoms with Gasteiger partial charge in [-0.05, 0) is 62.0 Å². The van der Waals surface area contributed by atoms with Crippen molar-refractivity contribution in [3.8, 4) is 11.5 Å². The molecule has 1 saturated heterocycles. The van der Waals surface area contributed by atoms with Crippen molar-refractivity contribution in [1.82, 2.24) is 5.32 Å². The summed E-state index contributed by atoms with van der Waals surface area (Å²) in [6.45, 7) is 2.17. The Kier molecular flexibility index (Phi) is 4.51. The van der Waals surface area contributed by atoms with E-state index in [2.05, 4.69) is 11.4 Å². The first-order valence-corrected chi connectivity index (χ1v) is 7.54. The van der Waals surface area contributed by atoms with Crippen molar-refractivity contribution < 1.29 is 9.13 Å². The zero-order valence-electron chi connectivity index (χ0n) is 12.0. The van der Waals surface area contributed by atoms with Crippen molar-refractivity contribution in [2.45, 2.75) is 19.3 Å². The van der Waals surface area contributed by atoms with E-state index in [0.29, 0.717) is 5.92 Å². The molecule has 3 rings (SSSR count). The third-order valence-corrected chi connectivity index (χ3v) is 4.00. The Balaban J connectivity index is 1.77. The highest BCUT2D eigenvalue weighted by molar-refractivity contribution is 5.38. The molecule has 2 aromatic rings. The summed E-state index contributed by atoms with van der Waals surface area (Å²) >= 11 is 0. The van der Waals surface area contributed by atoms with Crippen molar-refractivity contribution in [2.75, 3.05) is 13.1 Å². The molecule has 0 radical (unpaired) electrons. The summed E-state index contributed by atoms with van der Waals surface area (Å²) in [5.41, 5.74) is 1.16. The van der Waals surface area contributed by atoms with Gasteiger partial charge in [0.1, 0.15) is 5.75 Å². The highest BCUT2D eigenvalue weighted by atomic mass is 19.1. The van der Waals surface area contributed by atoms with Crippen LogP contribution in [-0.4, -0.2) is 13.1 Å². The normalized spacial score (nSPS) is 15.9. The van der Waals surface area contributed by atoms with Gasteiger partial charge >= 0.3 is 0 Å². The van der Waals surface area contributed by atoms with Crippen LogP contribution >= 0.6 is 0 Å². The average molecular weight is 285 g/mol. The maximum absolute atomic E-state index is 13.7. The molecule has 1 heterocycles. The first-order valence-electron chi connectivity index (χ1n) is 7.54. The molecule has 1 fully saturated rings. The molecule has 0 saturated carbocycles. The monoisotopic (exact) mass is 285 g/mol. The molecule has 1 N–H and O–H groups in total. The molecule has 0 spiro atoms. The summed E-state index contributed by atoms with van der Waals surface area (Å²) in [4.78, 5) is 0. The van der Waals surface area contributed by atoms with Gasteiger partial charge in [0, 0.05) is 0 Å². The molecule has 2 aromatic carbocycles. The Morgan fingerprint density at radius 2 is 1.62 bits per heavy atom.